The molecule has 0 amide bonds. The van der Waals surface area contributed by atoms with Gasteiger partial charge in [-0.25, -0.2) is 0 Å². The first-order chi connectivity index (χ1) is 10.9. The van der Waals surface area contributed by atoms with E-state index in [4.69, 9.17) is 11.6 Å². The number of pyridine rings is 1. The number of nitrogens with zero attached hydrogens (tertiary/aromatic N) is 2. The summed E-state index contributed by atoms with van der Waals surface area (Å²) in [4.78, 5) is 8.80. The number of halogens is 4. The molecule has 0 saturated heterocycles. The first-order valence-corrected chi connectivity index (χ1v) is 7.16. The Labute approximate surface area is 136 Å². The minimum absolute atomic E-state index is 0.160. The minimum atomic E-state index is -4.25. The van der Waals surface area contributed by atoms with E-state index in [1.165, 1.54) is 7.11 Å². The zero-order valence-corrected chi connectivity index (χ0v) is 13.0. The summed E-state index contributed by atoms with van der Waals surface area (Å²) in [7, 11) is 1.29. The molecule has 1 aromatic carbocycles. The van der Waals surface area contributed by atoms with Crippen LogP contribution in [0.5, 0.6) is 0 Å². The van der Waals surface area contributed by atoms with Crippen LogP contribution in [0.1, 0.15) is 18.5 Å². The summed E-state index contributed by atoms with van der Waals surface area (Å²) in [6.07, 6.45) is -3.93. The van der Waals surface area contributed by atoms with Crippen LogP contribution < -0.4 is 0 Å². The number of benzene rings is 1. The quantitative estimate of drug-likeness (QED) is 0.560. The maximum atomic E-state index is 12.4. The van der Waals surface area contributed by atoms with Gasteiger partial charge in [0.15, 0.2) is 0 Å². The molecule has 7 heteroatoms. The Morgan fingerprint density at radius 2 is 1.78 bits per heavy atom. The molecule has 0 aliphatic carbocycles. The molecule has 3 nitrogen and oxygen atoms in total. The van der Waals surface area contributed by atoms with Gasteiger partial charge in [0.25, 0.3) is 0 Å². The number of rotatable bonds is 5. The van der Waals surface area contributed by atoms with Crippen LogP contribution in [0, 0.1) is 0 Å². The monoisotopic (exact) mass is 342 g/mol. The SMILES string of the molecule is CON=C(CCC(F)(F)F)c1ccc(-c2ccc(Cl)cc2)cn1. The zero-order chi connectivity index (χ0) is 16.9. The van der Waals surface area contributed by atoms with Gasteiger partial charge in [-0.05, 0) is 23.8 Å². The molecule has 0 bridgehead atoms. The second-order valence-electron chi connectivity index (χ2n) is 4.77. The summed E-state index contributed by atoms with van der Waals surface area (Å²) in [5.74, 6) is 0. The van der Waals surface area contributed by atoms with Gasteiger partial charge in [-0.15, -0.1) is 0 Å². The van der Waals surface area contributed by atoms with Crippen molar-refractivity contribution in [3.8, 4) is 11.1 Å². The Kier molecular flexibility index (Phi) is 5.60. The fourth-order valence-electron chi connectivity index (χ4n) is 1.97. The molecule has 0 spiro atoms. The van der Waals surface area contributed by atoms with E-state index in [9.17, 15) is 13.2 Å². The molecule has 0 fully saturated rings. The van der Waals surface area contributed by atoms with Crippen molar-refractivity contribution in [3.63, 3.8) is 0 Å². The van der Waals surface area contributed by atoms with Crippen molar-refractivity contribution in [1.82, 2.24) is 4.98 Å². The van der Waals surface area contributed by atoms with Crippen LogP contribution in [-0.2, 0) is 4.84 Å². The molecule has 0 N–H and O–H groups in total. The molecule has 2 rings (SSSR count). The van der Waals surface area contributed by atoms with Gasteiger partial charge in [0, 0.05) is 29.6 Å². The summed E-state index contributed by atoms with van der Waals surface area (Å²) < 4.78 is 37.1. The number of alkyl halides is 3. The summed E-state index contributed by atoms with van der Waals surface area (Å²) in [6.45, 7) is 0. The molecule has 122 valence electrons. The molecule has 2 aromatic rings. The van der Waals surface area contributed by atoms with E-state index in [0.717, 1.165) is 11.1 Å². The van der Waals surface area contributed by atoms with Gasteiger partial charge in [0.05, 0.1) is 5.69 Å². The van der Waals surface area contributed by atoms with Gasteiger partial charge >= 0.3 is 6.18 Å². The molecule has 1 aromatic heterocycles. The highest BCUT2D eigenvalue weighted by Crippen LogP contribution is 2.24. The third-order valence-corrected chi connectivity index (χ3v) is 3.34. The molecular weight excluding hydrogens is 329 g/mol. The molecule has 0 unspecified atom stereocenters. The van der Waals surface area contributed by atoms with E-state index >= 15 is 0 Å². The number of aromatic nitrogens is 1. The summed E-state index contributed by atoms with van der Waals surface area (Å²) in [6, 6.07) is 10.6. The van der Waals surface area contributed by atoms with Crippen LogP contribution in [-0.4, -0.2) is 24.0 Å². The molecule has 23 heavy (non-hydrogen) atoms. The smallest absolute Gasteiger partial charge is 0.389 e. The molecule has 0 saturated carbocycles. The third-order valence-electron chi connectivity index (χ3n) is 3.08. The van der Waals surface area contributed by atoms with E-state index in [1.807, 2.05) is 12.1 Å². The molecule has 0 radical (unpaired) electrons. The van der Waals surface area contributed by atoms with Crippen LogP contribution in [0.3, 0.4) is 0 Å². The van der Waals surface area contributed by atoms with E-state index in [-0.39, 0.29) is 12.1 Å². The number of hydrogen-bond acceptors (Lipinski definition) is 3. The van der Waals surface area contributed by atoms with Crippen LogP contribution >= 0.6 is 11.6 Å². The molecule has 0 aliphatic rings. The van der Waals surface area contributed by atoms with Gasteiger partial charge in [0.2, 0.25) is 0 Å². The lowest BCUT2D eigenvalue weighted by molar-refractivity contribution is -0.132. The predicted molar refractivity (Wildman–Crippen MR) is 83.5 cm³/mol. The molecular formula is C16H14ClF3N2O. The minimum Gasteiger partial charge on any atom is -0.399 e. The fourth-order valence-corrected chi connectivity index (χ4v) is 2.09. The maximum Gasteiger partial charge on any atom is 0.389 e. The average Bonchev–Trinajstić information content (AvgIpc) is 2.52. The lowest BCUT2D eigenvalue weighted by Crippen LogP contribution is -2.12. The Morgan fingerprint density at radius 3 is 2.30 bits per heavy atom. The van der Waals surface area contributed by atoms with Crippen LogP contribution in [0.4, 0.5) is 13.2 Å². The number of hydrogen-bond donors (Lipinski definition) is 0. The fraction of sp³-hybridized carbons (Fsp3) is 0.250. The summed E-state index contributed by atoms with van der Waals surface area (Å²) in [5.41, 5.74) is 2.26. The zero-order valence-electron chi connectivity index (χ0n) is 12.3. The van der Waals surface area contributed by atoms with Gasteiger partial charge in [-0.2, -0.15) is 13.2 Å². The predicted octanol–water partition coefficient (Wildman–Crippen LogP) is 5.10. The van der Waals surface area contributed by atoms with E-state index in [2.05, 4.69) is 15.0 Å². The summed E-state index contributed by atoms with van der Waals surface area (Å²) in [5, 5.41) is 4.27. The first-order valence-electron chi connectivity index (χ1n) is 6.78. The van der Waals surface area contributed by atoms with Gasteiger partial charge in [-0.1, -0.05) is 35.0 Å². The standard InChI is InChI=1S/C16H14ClF3N2O/c1-23-22-15(8-9-16(18,19)20)14-7-4-12(10-21-14)11-2-5-13(17)6-3-11/h2-7,10H,8-9H2,1H3. The van der Waals surface area contributed by atoms with E-state index in [0.29, 0.717) is 10.7 Å². The number of oxime groups is 1. The van der Waals surface area contributed by atoms with Gasteiger partial charge in [0.1, 0.15) is 12.8 Å². The van der Waals surface area contributed by atoms with Gasteiger partial charge < -0.3 is 4.84 Å². The van der Waals surface area contributed by atoms with Crippen molar-refractivity contribution in [2.24, 2.45) is 5.16 Å². The summed E-state index contributed by atoms with van der Waals surface area (Å²) >= 11 is 5.84. The van der Waals surface area contributed by atoms with Crippen LogP contribution in [0.25, 0.3) is 11.1 Å². The Bertz CT molecular complexity index is 667. The van der Waals surface area contributed by atoms with E-state index in [1.54, 1.807) is 30.5 Å². The largest absolute Gasteiger partial charge is 0.399 e. The Balaban J connectivity index is 2.18. The lowest BCUT2D eigenvalue weighted by atomic mass is 10.1. The van der Waals surface area contributed by atoms with Crippen molar-refractivity contribution < 1.29 is 18.0 Å². The Hall–Kier alpha value is -2.08. The first kappa shape index (κ1) is 17.3. The van der Waals surface area contributed by atoms with Crippen LogP contribution in [0.15, 0.2) is 47.8 Å². The normalized spacial score (nSPS) is 12.3. The van der Waals surface area contributed by atoms with Crippen molar-refractivity contribution in [2.75, 3.05) is 7.11 Å². The second kappa shape index (κ2) is 7.46. The van der Waals surface area contributed by atoms with Crippen molar-refractivity contribution >= 4 is 17.3 Å². The van der Waals surface area contributed by atoms with Crippen molar-refractivity contribution in [2.45, 2.75) is 19.0 Å². The molecule has 0 atom stereocenters. The topological polar surface area (TPSA) is 34.5 Å². The lowest BCUT2D eigenvalue weighted by Gasteiger charge is -2.09. The second-order valence-corrected chi connectivity index (χ2v) is 5.21. The maximum absolute atomic E-state index is 12.4. The van der Waals surface area contributed by atoms with Crippen LogP contribution in [0.2, 0.25) is 5.02 Å². The highest BCUT2D eigenvalue weighted by atomic mass is 35.5. The highest BCUT2D eigenvalue weighted by Gasteiger charge is 2.28. The molecule has 1 heterocycles. The highest BCUT2D eigenvalue weighted by molar-refractivity contribution is 6.30. The Morgan fingerprint density at radius 1 is 1.13 bits per heavy atom. The van der Waals surface area contributed by atoms with Crippen molar-refractivity contribution in [1.29, 1.82) is 0 Å². The van der Waals surface area contributed by atoms with Gasteiger partial charge in [-0.3, -0.25) is 4.98 Å². The third kappa shape index (κ3) is 5.25. The van der Waals surface area contributed by atoms with E-state index < -0.39 is 12.6 Å². The average molecular weight is 343 g/mol. The van der Waals surface area contributed by atoms with Crippen molar-refractivity contribution in [3.05, 3.63) is 53.3 Å². The molecule has 0 aliphatic heterocycles.